The topological polar surface area (TPSA) is 72.5 Å². The molecule has 1 aliphatic rings. The first-order valence-corrected chi connectivity index (χ1v) is 7.46. The summed E-state index contributed by atoms with van der Waals surface area (Å²) < 4.78 is 27.1. The average molecular weight is 290 g/mol. The lowest BCUT2D eigenvalue weighted by Gasteiger charge is -2.30. The van der Waals surface area contributed by atoms with Gasteiger partial charge >= 0.3 is 0 Å². The molecule has 2 atom stereocenters. The lowest BCUT2D eigenvalue weighted by atomic mass is 9.95. The van der Waals surface area contributed by atoms with Gasteiger partial charge in [-0.25, -0.2) is 0 Å². The van der Waals surface area contributed by atoms with E-state index in [1.807, 2.05) is 0 Å². The summed E-state index contributed by atoms with van der Waals surface area (Å²) in [5.41, 5.74) is 0.972. The van der Waals surface area contributed by atoms with E-state index >= 15 is 0 Å². The number of anilines is 1. The predicted molar refractivity (Wildman–Crippen MR) is 68.6 cm³/mol. The molecule has 0 amide bonds. The monoisotopic (exact) mass is 289 g/mol. The Morgan fingerprint density at radius 3 is 2.67 bits per heavy atom. The molecule has 0 bridgehead atoms. The molecule has 0 fully saturated rings. The Labute approximate surface area is 110 Å². The Bertz CT molecular complexity index is 599. The second-order valence-corrected chi connectivity index (χ2v) is 6.25. The quantitative estimate of drug-likeness (QED) is 0.839. The molecule has 0 radical (unpaired) electrons. The summed E-state index contributed by atoms with van der Waals surface area (Å²) in [4.78, 5) is 12.2. The van der Waals surface area contributed by atoms with Gasteiger partial charge < -0.3 is 5.32 Å². The van der Waals surface area contributed by atoms with Crippen molar-refractivity contribution in [3.05, 3.63) is 28.8 Å². The zero-order valence-electron chi connectivity index (χ0n) is 9.81. The minimum atomic E-state index is -3.70. The van der Waals surface area contributed by atoms with Gasteiger partial charge in [0.15, 0.2) is 11.9 Å². The normalized spacial score (nSPS) is 23.4. The van der Waals surface area contributed by atoms with Gasteiger partial charge in [-0.1, -0.05) is 11.6 Å². The number of Topliss-reactive ketones (excluding diaryl/α,β-unsaturated/α-hetero) is 1. The molecule has 1 aromatic carbocycles. The van der Waals surface area contributed by atoms with E-state index in [2.05, 4.69) is 5.32 Å². The lowest BCUT2D eigenvalue weighted by Crippen LogP contribution is -2.44. The number of nitrogens with one attached hydrogen (secondary N) is 1. The Kier molecular flexibility index (Phi) is 3.35. The van der Waals surface area contributed by atoms with Crippen molar-refractivity contribution in [2.75, 3.05) is 11.6 Å². The Morgan fingerprint density at radius 1 is 1.39 bits per heavy atom. The fraction of sp³-hybridized carbons (Fsp3) is 0.364. The summed E-state index contributed by atoms with van der Waals surface area (Å²) in [6.07, 6.45) is -0.147. The molecule has 1 N–H and O–H groups in total. The van der Waals surface area contributed by atoms with Gasteiger partial charge in [0, 0.05) is 16.3 Å². The van der Waals surface area contributed by atoms with Crippen molar-refractivity contribution in [1.29, 1.82) is 0 Å². The standard InChI is InChI=1S/C11H12ClNO4S/c1-6-11(17-18(2,15)16)10(14)8-5-7(12)3-4-9(8)13-6/h3-6,11,13H,1-2H3. The number of fused-ring (bicyclic) bond motifs is 1. The van der Waals surface area contributed by atoms with Crippen LogP contribution < -0.4 is 5.32 Å². The minimum absolute atomic E-state index is 0.342. The van der Waals surface area contributed by atoms with Crippen LogP contribution in [0.25, 0.3) is 0 Å². The van der Waals surface area contributed by atoms with Crippen LogP contribution in [-0.2, 0) is 14.3 Å². The SMILES string of the molecule is CC1Nc2ccc(Cl)cc2C(=O)C1OS(C)(=O)=O. The van der Waals surface area contributed by atoms with Crippen LogP contribution in [-0.4, -0.2) is 32.6 Å². The second kappa shape index (κ2) is 4.53. The van der Waals surface area contributed by atoms with Crippen LogP contribution in [0, 0.1) is 0 Å². The van der Waals surface area contributed by atoms with E-state index in [0.717, 1.165) is 6.26 Å². The second-order valence-electron chi connectivity index (χ2n) is 4.21. The third-order valence-corrected chi connectivity index (χ3v) is 3.41. The van der Waals surface area contributed by atoms with Gasteiger partial charge in [-0.2, -0.15) is 8.42 Å². The summed E-state index contributed by atoms with van der Waals surface area (Å²) in [6, 6.07) is 4.41. The maximum atomic E-state index is 12.2. The van der Waals surface area contributed by atoms with Crippen molar-refractivity contribution in [3.8, 4) is 0 Å². The van der Waals surface area contributed by atoms with E-state index in [4.69, 9.17) is 15.8 Å². The number of rotatable bonds is 2. The molecule has 0 saturated heterocycles. The highest BCUT2D eigenvalue weighted by atomic mass is 35.5. The van der Waals surface area contributed by atoms with Crippen LogP contribution in [0.4, 0.5) is 5.69 Å². The molecule has 0 aliphatic carbocycles. The van der Waals surface area contributed by atoms with Crippen molar-refractivity contribution >= 4 is 33.2 Å². The predicted octanol–water partition coefficient (Wildman–Crippen LogP) is 1.68. The number of benzene rings is 1. The molecule has 1 aliphatic heterocycles. The molecular weight excluding hydrogens is 278 g/mol. The molecule has 7 heteroatoms. The maximum Gasteiger partial charge on any atom is 0.265 e. The molecule has 2 rings (SSSR count). The van der Waals surface area contributed by atoms with E-state index < -0.39 is 22.3 Å². The minimum Gasteiger partial charge on any atom is -0.379 e. The molecule has 0 saturated carbocycles. The number of ketones is 1. The van der Waals surface area contributed by atoms with E-state index in [9.17, 15) is 13.2 Å². The van der Waals surface area contributed by atoms with Crippen molar-refractivity contribution < 1.29 is 17.4 Å². The fourth-order valence-corrected chi connectivity index (χ4v) is 2.67. The average Bonchev–Trinajstić information content (AvgIpc) is 2.24. The van der Waals surface area contributed by atoms with Gasteiger partial charge in [-0.3, -0.25) is 8.98 Å². The molecule has 0 aromatic heterocycles. The first kappa shape index (κ1) is 13.3. The Hall–Kier alpha value is -1.11. The zero-order valence-corrected chi connectivity index (χ0v) is 11.4. The maximum absolute atomic E-state index is 12.2. The van der Waals surface area contributed by atoms with Gasteiger partial charge in [-0.05, 0) is 25.1 Å². The van der Waals surface area contributed by atoms with Crippen LogP contribution in [0.1, 0.15) is 17.3 Å². The number of carbonyl (C=O) groups excluding carboxylic acids is 1. The van der Waals surface area contributed by atoms with Crippen molar-refractivity contribution in [2.45, 2.75) is 19.1 Å². The summed E-state index contributed by atoms with van der Waals surface area (Å²) >= 11 is 5.82. The fourth-order valence-electron chi connectivity index (χ4n) is 1.86. The third-order valence-electron chi connectivity index (χ3n) is 2.62. The summed E-state index contributed by atoms with van der Waals surface area (Å²) in [6.45, 7) is 1.69. The molecule has 98 valence electrons. The van der Waals surface area contributed by atoms with Gasteiger partial charge in [0.25, 0.3) is 10.1 Å². The van der Waals surface area contributed by atoms with Crippen LogP contribution in [0.15, 0.2) is 18.2 Å². The number of halogens is 1. The van der Waals surface area contributed by atoms with Crippen molar-refractivity contribution in [1.82, 2.24) is 0 Å². The summed E-state index contributed by atoms with van der Waals surface area (Å²) in [7, 11) is -3.70. The van der Waals surface area contributed by atoms with Gasteiger partial charge in [0.1, 0.15) is 0 Å². The van der Waals surface area contributed by atoms with Crippen LogP contribution in [0.2, 0.25) is 5.02 Å². The first-order chi connectivity index (χ1) is 8.28. The third kappa shape index (κ3) is 2.66. The molecular formula is C11H12ClNO4S. The lowest BCUT2D eigenvalue weighted by molar-refractivity contribution is 0.0771. The van der Waals surface area contributed by atoms with Crippen LogP contribution >= 0.6 is 11.6 Å². The largest absolute Gasteiger partial charge is 0.379 e. The Morgan fingerprint density at radius 2 is 2.06 bits per heavy atom. The van der Waals surface area contributed by atoms with Crippen LogP contribution in [0.3, 0.4) is 0 Å². The molecule has 2 unspecified atom stereocenters. The Balaban J connectivity index is 2.40. The molecule has 0 spiro atoms. The smallest absolute Gasteiger partial charge is 0.265 e. The van der Waals surface area contributed by atoms with E-state index in [1.54, 1.807) is 19.1 Å². The summed E-state index contributed by atoms with van der Waals surface area (Å²) in [5.74, 6) is -0.385. The van der Waals surface area contributed by atoms with Gasteiger partial charge in [0.05, 0.1) is 12.3 Å². The molecule has 18 heavy (non-hydrogen) atoms. The molecule has 1 heterocycles. The highest BCUT2D eigenvalue weighted by Crippen LogP contribution is 2.29. The first-order valence-electron chi connectivity index (χ1n) is 5.26. The number of hydrogen-bond donors (Lipinski definition) is 1. The molecule has 5 nitrogen and oxygen atoms in total. The number of carbonyl (C=O) groups is 1. The highest BCUT2D eigenvalue weighted by molar-refractivity contribution is 7.86. The van der Waals surface area contributed by atoms with Gasteiger partial charge in [-0.15, -0.1) is 0 Å². The zero-order chi connectivity index (χ0) is 13.5. The van der Waals surface area contributed by atoms with Crippen LogP contribution in [0.5, 0.6) is 0 Å². The van der Waals surface area contributed by atoms with E-state index in [-0.39, 0.29) is 5.78 Å². The summed E-state index contributed by atoms with van der Waals surface area (Å²) in [5, 5.41) is 3.43. The van der Waals surface area contributed by atoms with Gasteiger partial charge in [0.2, 0.25) is 0 Å². The number of hydrogen-bond acceptors (Lipinski definition) is 5. The highest BCUT2D eigenvalue weighted by Gasteiger charge is 2.36. The van der Waals surface area contributed by atoms with Crippen molar-refractivity contribution in [2.24, 2.45) is 0 Å². The van der Waals surface area contributed by atoms with E-state index in [0.29, 0.717) is 16.3 Å². The van der Waals surface area contributed by atoms with E-state index in [1.165, 1.54) is 6.07 Å². The van der Waals surface area contributed by atoms with Crippen molar-refractivity contribution in [3.63, 3.8) is 0 Å². The molecule has 1 aromatic rings.